The van der Waals surface area contributed by atoms with Crippen molar-refractivity contribution in [2.24, 2.45) is 11.7 Å². The Kier molecular flexibility index (Phi) is 6.54. The van der Waals surface area contributed by atoms with Gasteiger partial charge in [-0.15, -0.1) is 0 Å². The highest BCUT2D eigenvalue weighted by atomic mass is 32.2. The van der Waals surface area contributed by atoms with Gasteiger partial charge in [0.2, 0.25) is 5.91 Å². The maximum absolute atomic E-state index is 11.4. The van der Waals surface area contributed by atoms with Crippen molar-refractivity contribution in [3.63, 3.8) is 0 Å². The second kappa shape index (κ2) is 6.82. The first kappa shape index (κ1) is 15.3. The molecular weight excluding hydrogens is 232 g/mol. The molecule has 0 saturated heterocycles. The maximum Gasteiger partial charge on any atom is 0.264 e. The molecule has 0 unspecified atom stereocenters. The molecule has 0 aromatic rings. The highest BCUT2D eigenvalue weighted by Gasteiger charge is 2.14. The van der Waals surface area contributed by atoms with Crippen LogP contribution in [0.1, 0.15) is 26.7 Å². The highest BCUT2D eigenvalue weighted by Crippen LogP contribution is 2.02. The van der Waals surface area contributed by atoms with Crippen molar-refractivity contribution in [3.05, 3.63) is 0 Å². The lowest BCUT2D eigenvalue weighted by Gasteiger charge is -2.13. The molecule has 6 nitrogen and oxygen atoms in total. The molecule has 0 aliphatic rings. The standard InChI is InChI=1S/C9H20N2O4S/c1-7(2)6-8(10)9(12)11-4-3-5-16(13,14)15/h7-8H,3-6,10H2,1-2H3,(H,11,12)(H,13,14,15)/t8-/m0/s1. The molecule has 0 rings (SSSR count). The first-order valence-corrected chi connectivity index (χ1v) is 6.81. The van der Waals surface area contributed by atoms with Gasteiger partial charge in [0.15, 0.2) is 0 Å². The van der Waals surface area contributed by atoms with E-state index in [4.69, 9.17) is 10.3 Å². The largest absolute Gasteiger partial charge is 0.355 e. The van der Waals surface area contributed by atoms with Gasteiger partial charge in [0.25, 0.3) is 10.1 Å². The summed E-state index contributed by atoms with van der Waals surface area (Å²) in [6.45, 7) is 4.13. The summed E-state index contributed by atoms with van der Waals surface area (Å²) in [5, 5.41) is 2.52. The molecule has 1 atom stereocenters. The average Bonchev–Trinajstić information content (AvgIpc) is 2.09. The summed E-state index contributed by atoms with van der Waals surface area (Å²) >= 11 is 0. The van der Waals surface area contributed by atoms with Gasteiger partial charge in [-0.2, -0.15) is 8.42 Å². The third-order valence-corrected chi connectivity index (χ3v) is 2.74. The van der Waals surface area contributed by atoms with Gasteiger partial charge in [-0.05, 0) is 18.8 Å². The number of rotatable bonds is 7. The minimum Gasteiger partial charge on any atom is -0.355 e. The van der Waals surface area contributed by atoms with E-state index in [1.807, 2.05) is 13.8 Å². The zero-order chi connectivity index (χ0) is 12.8. The van der Waals surface area contributed by atoms with E-state index >= 15 is 0 Å². The quantitative estimate of drug-likeness (QED) is 0.427. The Hall–Kier alpha value is -0.660. The zero-order valence-corrected chi connectivity index (χ0v) is 10.5. The fraction of sp³-hybridized carbons (Fsp3) is 0.889. The van der Waals surface area contributed by atoms with Crippen LogP contribution in [0.25, 0.3) is 0 Å². The molecule has 0 aliphatic heterocycles. The molecule has 16 heavy (non-hydrogen) atoms. The van der Waals surface area contributed by atoms with Crippen molar-refractivity contribution < 1.29 is 17.8 Å². The first-order chi connectivity index (χ1) is 7.22. The average molecular weight is 252 g/mol. The number of carbonyl (C=O) groups excluding carboxylic acids is 1. The van der Waals surface area contributed by atoms with E-state index in [2.05, 4.69) is 5.32 Å². The van der Waals surface area contributed by atoms with Gasteiger partial charge in [-0.3, -0.25) is 9.35 Å². The van der Waals surface area contributed by atoms with Crippen LogP contribution in [0.15, 0.2) is 0 Å². The molecule has 4 N–H and O–H groups in total. The number of hydrogen-bond acceptors (Lipinski definition) is 4. The predicted molar refractivity (Wildman–Crippen MR) is 61.5 cm³/mol. The lowest BCUT2D eigenvalue weighted by Crippen LogP contribution is -2.41. The minimum absolute atomic E-state index is 0.180. The van der Waals surface area contributed by atoms with Crippen molar-refractivity contribution in [1.82, 2.24) is 5.32 Å². The van der Waals surface area contributed by atoms with Gasteiger partial charge in [-0.1, -0.05) is 13.8 Å². The molecule has 0 aromatic heterocycles. The lowest BCUT2D eigenvalue weighted by molar-refractivity contribution is -0.122. The molecule has 0 fully saturated rings. The van der Waals surface area contributed by atoms with E-state index in [1.54, 1.807) is 0 Å². The highest BCUT2D eigenvalue weighted by molar-refractivity contribution is 7.85. The summed E-state index contributed by atoms with van der Waals surface area (Å²) in [7, 11) is -3.94. The molecule has 1 amide bonds. The summed E-state index contributed by atoms with van der Waals surface area (Å²) < 4.78 is 29.2. The van der Waals surface area contributed by atoms with Gasteiger partial charge >= 0.3 is 0 Å². The Bertz CT molecular complexity index is 313. The van der Waals surface area contributed by atoms with Crippen molar-refractivity contribution in [2.45, 2.75) is 32.7 Å². The summed E-state index contributed by atoms with van der Waals surface area (Å²) in [6, 6.07) is -0.564. The van der Waals surface area contributed by atoms with E-state index in [-0.39, 0.29) is 24.6 Å². The van der Waals surface area contributed by atoms with Crippen LogP contribution in [0.5, 0.6) is 0 Å². The Labute approximate surface area is 96.3 Å². The van der Waals surface area contributed by atoms with Crippen LogP contribution in [-0.2, 0) is 14.9 Å². The first-order valence-electron chi connectivity index (χ1n) is 5.21. The van der Waals surface area contributed by atoms with Gasteiger partial charge < -0.3 is 11.1 Å². The van der Waals surface area contributed by atoms with Crippen LogP contribution in [0.4, 0.5) is 0 Å². The molecule has 0 bridgehead atoms. The predicted octanol–water partition coefficient (Wildman–Crippen LogP) is -0.246. The third-order valence-electron chi connectivity index (χ3n) is 1.94. The van der Waals surface area contributed by atoms with Crippen LogP contribution in [-0.4, -0.2) is 37.2 Å². The van der Waals surface area contributed by atoms with Gasteiger partial charge in [0, 0.05) is 6.54 Å². The number of amides is 1. The Morgan fingerprint density at radius 2 is 2.00 bits per heavy atom. The number of nitrogens with two attached hydrogens (primary N) is 1. The number of carbonyl (C=O) groups is 1. The second-order valence-electron chi connectivity index (χ2n) is 4.17. The van der Waals surface area contributed by atoms with E-state index in [9.17, 15) is 13.2 Å². The van der Waals surface area contributed by atoms with Crippen molar-refractivity contribution in [3.8, 4) is 0 Å². The summed E-state index contributed by atoms with van der Waals surface area (Å²) in [6.07, 6.45) is 0.767. The van der Waals surface area contributed by atoms with Crippen molar-refractivity contribution >= 4 is 16.0 Å². The summed E-state index contributed by atoms with van der Waals surface area (Å²) in [5.74, 6) is -0.310. The number of hydrogen-bond donors (Lipinski definition) is 3. The Morgan fingerprint density at radius 3 is 2.44 bits per heavy atom. The van der Waals surface area contributed by atoms with Crippen LogP contribution in [0.2, 0.25) is 0 Å². The number of nitrogens with one attached hydrogen (secondary N) is 1. The fourth-order valence-corrected chi connectivity index (χ4v) is 1.72. The van der Waals surface area contributed by atoms with Crippen LogP contribution >= 0.6 is 0 Å². The Morgan fingerprint density at radius 1 is 1.44 bits per heavy atom. The lowest BCUT2D eigenvalue weighted by atomic mass is 10.0. The van der Waals surface area contributed by atoms with E-state index in [0.29, 0.717) is 12.3 Å². The normalized spacial score (nSPS) is 13.8. The maximum atomic E-state index is 11.4. The molecule has 0 aromatic carbocycles. The smallest absolute Gasteiger partial charge is 0.264 e. The van der Waals surface area contributed by atoms with Crippen molar-refractivity contribution in [1.29, 1.82) is 0 Å². The van der Waals surface area contributed by atoms with Gasteiger partial charge in [0.1, 0.15) is 0 Å². The van der Waals surface area contributed by atoms with Crippen molar-refractivity contribution in [2.75, 3.05) is 12.3 Å². The molecule has 0 heterocycles. The van der Waals surface area contributed by atoms with Crippen LogP contribution in [0.3, 0.4) is 0 Å². The topological polar surface area (TPSA) is 109 Å². The SMILES string of the molecule is CC(C)C[C@H](N)C(=O)NCCCS(=O)(=O)O. The molecule has 0 spiro atoms. The Balaban J connectivity index is 3.73. The van der Waals surface area contributed by atoms with Gasteiger partial charge in [0.05, 0.1) is 11.8 Å². The van der Waals surface area contributed by atoms with Crippen LogP contribution in [0, 0.1) is 5.92 Å². The molecule has 96 valence electrons. The van der Waals surface area contributed by atoms with E-state index < -0.39 is 16.2 Å². The van der Waals surface area contributed by atoms with Gasteiger partial charge in [-0.25, -0.2) is 0 Å². The van der Waals surface area contributed by atoms with E-state index in [0.717, 1.165) is 0 Å². The molecule has 7 heteroatoms. The summed E-state index contributed by atoms with van der Waals surface area (Å²) in [4.78, 5) is 11.4. The molecule has 0 aliphatic carbocycles. The molecule has 0 saturated carbocycles. The zero-order valence-electron chi connectivity index (χ0n) is 9.64. The molecular formula is C9H20N2O4S. The fourth-order valence-electron chi connectivity index (χ4n) is 1.21. The second-order valence-corrected chi connectivity index (χ2v) is 5.74. The summed E-state index contributed by atoms with van der Waals surface area (Å²) in [5.41, 5.74) is 5.61. The minimum atomic E-state index is -3.94. The third kappa shape index (κ3) is 8.63. The molecule has 0 radical (unpaired) electrons. The van der Waals surface area contributed by atoms with Crippen LogP contribution < -0.4 is 11.1 Å². The monoisotopic (exact) mass is 252 g/mol. The van der Waals surface area contributed by atoms with E-state index in [1.165, 1.54) is 0 Å².